The zero-order valence-corrected chi connectivity index (χ0v) is 17.6. The van der Waals surface area contributed by atoms with Crippen LogP contribution in [0.15, 0.2) is 48.5 Å². The first-order valence-corrected chi connectivity index (χ1v) is 11.1. The second-order valence-electron chi connectivity index (χ2n) is 7.91. The van der Waals surface area contributed by atoms with Crippen LogP contribution in [0.1, 0.15) is 63.9 Å². The summed E-state index contributed by atoms with van der Waals surface area (Å²) in [6, 6.07) is 14.2. The molecule has 1 unspecified atom stereocenters. The van der Waals surface area contributed by atoms with Gasteiger partial charge < -0.3 is 9.47 Å². The minimum absolute atomic E-state index is 0.181. The molecule has 0 bridgehead atoms. The number of hydrogen-bond donors (Lipinski definition) is 0. The molecule has 0 aliphatic carbocycles. The van der Waals surface area contributed by atoms with E-state index >= 15 is 0 Å². The van der Waals surface area contributed by atoms with E-state index in [2.05, 4.69) is 11.8 Å². The number of piperidine rings is 1. The topological polar surface area (TPSA) is 21.7 Å². The lowest BCUT2D eigenvalue weighted by Gasteiger charge is -2.35. The maximum Gasteiger partial charge on any atom is 0.152 e. The molecule has 158 valence electrons. The summed E-state index contributed by atoms with van der Waals surface area (Å²) in [5.74, 6) is 1.45. The van der Waals surface area contributed by atoms with Crippen LogP contribution in [0.25, 0.3) is 0 Å². The van der Waals surface area contributed by atoms with Gasteiger partial charge in [0.2, 0.25) is 0 Å². The molecule has 29 heavy (non-hydrogen) atoms. The Bertz CT molecular complexity index is 702. The minimum Gasteiger partial charge on any atom is -0.489 e. The van der Waals surface area contributed by atoms with Crippen LogP contribution < -0.4 is 9.47 Å². The Labute approximate surface area is 174 Å². The Morgan fingerprint density at radius 1 is 0.897 bits per heavy atom. The van der Waals surface area contributed by atoms with E-state index in [1.54, 1.807) is 12.1 Å². The molecular formula is C25H34FNO2. The second-order valence-corrected chi connectivity index (χ2v) is 7.91. The van der Waals surface area contributed by atoms with Gasteiger partial charge in [-0.05, 0) is 67.6 Å². The Morgan fingerprint density at radius 3 is 2.38 bits per heavy atom. The van der Waals surface area contributed by atoms with Crippen LogP contribution in [0, 0.1) is 5.82 Å². The van der Waals surface area contributed by atoms with E-state index in [0.29, 0.717) is 6.61 Å². The lowest BCUT2D eigenvalue weighted by atomic mass is 10.1. The normalized spacial score (nSPS) is 17.2. The van der Waals surface area contributed by atoms with E-state index in [4.69, 9.17) is 9.47 Å². The van der Waals surface area contributed by atoms with Crippen molar-refractivity contribution < 1.29 is 13.9 Å². The molecule has 0 spiro atoms. The largest absolute Gasteiger partial charge is 0.489 e. The SMILES string of the molecule is CCCCCCCN1CCCCC1Oc1ccc(OCc2ccc(F)cc2)cc1. The number of nitrogens with zero attached hydrogens (tertiary/aromatic N) is 1. The number of benzene rings is 2. The molecule has 0 saturated carbocycles. The lowest BCUT2D eigenvalue weighted by Crippen LogP contribution is -2.43. The Balaban J connectivity index is 1.46. The van der Waals surface area contributed by atoms with Gasteiger partial charge in [0, 0.05) is 13.1 Å². The van der Waals surface area contributed by atoms with Crippen molar-refractivity contribution in [3.05, 3.63) is 59.9 Å². The van der Waals surface area contributed by atoms with Gasteiger partial charge in [-0.3, -0.25) is 4.90 Å². The number of rotatable bonds is 11. The standard InChI is InChI=1S/C25H34FNO2/c1-2-3-4-5-7-18-27-19-8-6-9-25(27)29-24-16-14-23(15-17-24)28-20-21-10-12-22(26)13-11-21/h10-17,25H,2-9,18-20H2,1H3. The zero-order valence-electron chi connectivity index (χ0n) is 17.6. The van der Waals surface area contributed by atoms with Crippen molar-refractivity contribution >= 4 is 0 Å². The van der Waals surface area contributed by atoms with E-state index in [1.165, 1.54) is 57.1 Å². The summed E-state index contributed by atoms with van der Waals surface area (Å²) >= 11 is 0. The summed E-state index contributed by atoms with van der Waals surface area (Å²) in [6.45, 7) is 4.95. The zero-order chi connectivity index (χ0) is 20.3. The van der Waals surface area contributed by atoms with E-state index < -0.39 is 0 Å². The van der Waals surface area contributed by atoms with Gasteiger partial charge in [-0.25, -0.2) is 4.39 Å². The van der Waals surface area contributed by atoms with Crippen LogP contribution in [0.5, 0.6) is 11.5 Å². The molecule has 0 N–H and O–H groups in total. The van der Waals surface area contributed by atoms with Gasteiger partial charge in [0.25, 0.3) is 0 Å². The first-order valence-electron chi connectivity index (χ1n) is 11.1. The third kappa shape index (κ3) is 7.36. The van der Waals surface area contributed by atoms with Crippen molar-refractivity contribution in [2.45, 2.75) is 71.1 Å². The summed E-state index contributed by atoms with van der Waals surface area (Å²) in [5, 5.41) is 0. The highest BCUT2D eigenvalue weighted by atomic mass is 19.1. The number of unbranched alkanes of at least 4 members (excludes halogenated alkanes) is 4. The molecule has 1 fully saturated rings. The highest BCUT2D eigenvalue weighted by Gasteiger charge is 2.23. The Kier molecular flexibility index (Phi) is 8.82. The van der Waals surface area contributed by atoms with Gasteiger partial charge in [0.15, 0.2) is 6.23 Å². The van der Waals surface area contributed by atoms with Crippen molar-refractivity contribution in [1.29, 1.82) is 0 Å². The van der Waals surface area contributed by atoms with Crippen molar-refractivity contribution in [3.8, 4) is 11.5 Å². The molecule has 2 aromatic rings. The molecule has 1 saturated heterocycles. The molecule has 1 heterocycles. The maximum absolute atomic E-state index is 13.0. The average Bonchev–Trinajstić information content (AvgIpc) is 2.75. The lowest BCUT2D eigenvalue weighted by molar-refractivity contribution is -0.00477. The third-order valence-corrected chi connectivity index (χ3v) is 5.52. The van der Waals surface area contributed by atoms with Crippen LogP contribution in [-0.4, -0.2) is 24.2 Å². The molecule has 1 atom stereocenters. The molecule has 2 aromatic carbocycles. The van der Waals surface area contributed by atoms with Gasteiger partial charge >= 0.3 is 0 Å². The van der Waals surface area contributed by atoms with Crippen LogP contribution in [-0.2, 0) is 6.61 Å². The predicted molar refractivity (Wildman–Crippen MR) is 116 cm³/mol. The van der Waals surface area contributed by atoms with E-state index in [0.717, 1.165) is 36.6 Å². The third-order valence-electron chi connectivity index (χ3n) is 5.52. The van der Waals surface area contributed by atoms with Gasteiger partial charge in [-0.1, -0.05) is 44.7 Å². The van der Waals surface area contributed by atoms with Gasteiger partial charge in [-0.15, -0.1) is 0 Å². The first-order chi connectivity index (χ1) is 14.2. The molecule has 1 aliphatic heterocycles. The quantitative estimate of drug-likeness (QED) is 0.399. The number of likely N-dealkylation sites (tertiary alicyclic amines) is 1. The van der Waals surface area contributed by atoms with Crippen molar-refractivity contribution in [3.63, 3.8) is 0 Å². The maximum atomic E-state index is 13.0. The average molecular weight is 400 g/mol. The Morgan fingerprint density at radius 2 is 1.62 bits per heavy atom. The number of hydrogen-bond acceptors (Lipinski definition) is 3. The second kappa shape index (κ2) is 11.8. The molecule has 4 heteroatoms. The summed E-state index contributed by atoms with van der Waals surface area (Å²) in [4.78, 5) is 2.51. The fourth-order valence-electron chi connectivity index (χ4n) is 3.79. The number of halogens is 1. The first kappa shape index (κ1) is 21.6. The summed E-state index contributed by atoms with van der Waals surface area (Å²) in [6.07, 6.45) is 10.3. The molecule has 0 aromatic heterocycles. The van der Waals surface area contributed by atoms with Crippen LogP contribution in [0.2, 0.25) is 0 Å². The molecule has 0 amide bonds. The van der Waals surface area contributed by atoms with Crippen LogP contribution >= 0.6 is 0 Å². The fourth-order valence-corrected chi connectivity index (χ4v) is 3.79. The van der Waals surface area contributed by atoms with Crippen LogP contribution in [0.3, 0.4) is 0 Å². The van der Waals surface area contributed by atoms with E-state index in [-0.39, 0.29) is 12.0 Å². The van der Waals surface area contributed by atoms with Crippen molar-refractivity contribution in [1.82, 2.24) is 4.90 Å². The smallest absolute Gasteiger partial charge is 0.152 e. The van der Waals surface area contributed by atoms with E-state index in [9.17, 15) is 4.39 Å². The van der Waals surface area contributed by atoms with Crippen molar-refractivity contribution in [2.75, 3.05) is 13.1 Å². The summed E-state index contributed by atoms with van der Waals surface area (Å²) in [7, 11) is 0. The molecule has 1 aliphatic rings. The van der Waals surface area contributed by atoms with E-state index in [1.807, 2.05) is 24.3 Å². The Hall–Kier alpha value is -2.07. The van der Waals surface area contributed by atoms with Crippen molar-refractivity contribution in [2.24, 2.45) is 0 Å². The predicted octanol–water partition coefficient (Wildman–Crippen LogP) is 6.57. The minimum atomic E-state index is -0.229. The summed E-state index contributed by atoms with van der Waals surface area (Å²) < 4.78 is 25.1. The molecule has 3 nitrogen and oxygen atoms in total. The highest BCUT2D eigenvalue weighted by molar-refractivity contribution is 5.31. The van der Waals surface area contributed by atoms with Gasteiger partial charge in [0.1, 0.15) is 23.9 Å². The molecule has 0 radical (unpaired) electrons. The van der Waals surface area contributed by atoms with Gasteiger partial charge in [0.05, 0.1) is 0 Å². The van der Waals surface area contributed by atoms with Gasteiger partial charge in [-0.2, -0.15) is 0 Å². The number of ether oxygens (including phenoxy) is 2. The van der Waals surface area contributed by atoms with Crippen LogP contribution in [0.4, 0.5) is 4.39 Å². The highest BCUT2D eigenvalue weighted by Crippen LogP contribution is 2.24. The monoisotopic (exact) mass is 399 g/mol. The molecular weight excluding hydrogens is 365 g/mol. The summed E-state index contributed by atoms with van der Waals surface area (Å²) in [5.41, 5.74) is 0.948. The molecule has 3 rings (SSSR count). The fraction of sp³-hybridized carbons (Fsp3) is 0.520.